The van der Waals surface area contributed by atoms with Crippen LogP contribution in [0.2, 0.25) is 0 Å². The number of nitrogens with one attached hydrogen (secondary N) is 1. The molecule has 1 fully saturated rings. The topological polar surface area (TPSA) is 69.6 Å². The molecule has 2 aromatic carbocycles. The van der Waals surface area contributed by atoms with E-state index in [1.807, 2.05) is 36.4 Å². The fourth-order valence-electron chi connectivity index (χ4n) is 4.20. The van der Waals surface area contributed by atoms with Gasteiger partial charge < -0.3 is 20.0 Å². The maximum Gasteiger partial charge on any atom is 0.217 e. The first-order chi connectivity index (χ1) is 12.4. The lowest BCUT2D eigenvalue weighted by atomic mass is 9.90. The van der Waals surface area contributed by atoms with Crippen LogP contribution >= 0.6 is 12.4 Å². The molecular weight excluding hydrogens is 364 g/mol. The summed E-state index contributed by atoms with van der Waals surface area (Å²) in [6, 6.07) is 14.7. The van der Waals surface area contributed by atoms with Crippen LogP contribution in [0.15, 0.2) is 48.5 Å². The number of halogens is 1. The monoisotopic (exact) mass is 391 g/mol. The molecule has 1 unspecified atom stereocenters. The Morgan fingerprint density at radius 1 is 1.00 bits per heavy atom. The third-order valence-electron chi connectivity index (χ3n) is 5.43. The van der Waals surface area contributed by atoms with Crippen molar-refractivity contribution in [1.82, 2.24) is 5.32 Å². The molecule has 5 nitrogen and oxygen atoms in total. The van der Waals surface area contributed by atoms with E-state index in [0.717, 1.165) is 41.5 Å². The number of hydrogen-bond acceptors (Lipinski definition) is 3. The molecule has 1 aliphatic rings. The van der Waals surface area contributed by atoms with Crippen LogP contribution in [-0.4, -0.2) is 40.7 Å². The molecule has 3 rings (SSSR count). The lowest BCUT2D eigenvalue weighted by molar-refractivity contribution is -0.930. The molecule has 0 radical (unpaired) electrons. The van der Waals surface area contributed by atoms with E-state index >= 15 is 0 Å². The molecule has 146 valence electrons. The summed E-state index contributed by atoms with van der Waals surface area (Å²) in [7, 11) is 2.21. The summed E-state index contributed by atoms with van der Waals surface area (Å²) in [4.78, 5) is 12.0. The van der Waals surface area contributed by atoms with Crippen molar-refractivity contribution in [3.63, 3.8) is 0 Å². The Labute approximate surface area is 166 Å². The highest BCUT2D eigenvalue weighted by Gasteiger charge is 2.43. The van der Waals surface area contributed by atoms with Crippen molar-refractivity contribution in [3.8, 4) is 11.5 Å². The summed E-state index contributed by atoms with van der Waals surface area (Å²) >= 11 is 0. The van der Waals surface area contributed by atoms with E-state index in [0.29, 0.717) is 0 Å². The Bertz CT molecular complexity index is 776. The Morgan fingerprint density at radius 3 is 2.19 bits per heavy atom. The molecular formula is C21H28ClN2O3+. The quantitative estimate of drug-likeness (QED) is 0.538. The first-order valence-electron chi connectivity index (χ1n) is 9.09. The molecule has 0 bridgehead atoms. The number of phenolic OH excluding ortho intramolecular Hbond substituents is 2. The number of hydrogen-bond donors (Lipinski definition) is 3. The summed E-state index contributed by atoms with van der Waals surface area (Å²) in [5, 5.41) is 22.9. The highest BCUT2D eigenvalue weighted by atomic mass is 35.5. The minimum absolute atomic E-state index is 0. The van der Waals surface area contributed by atoms with E-state index in [2.05, 4.69) is 12.4 Å². The van der Waals surface area contributed by atoms with Crippen LogP contribution in [0.5, 0.6) is 11.5 Å². The van der Waals surface area contributed by atoms with E-state index in [4.69, 9.17) is 0 Å². The Morgan fingerprint density at radius 2 is 1.63 bits per heavy atom. The van der Waals surface area contributed by atoms with Crippen molar-refractivity contribution >= 4 is 18.3 Å². The third-order valence-corrected chi connectivity index (χ3v) is 5.43. The van der Waals surface area contributed by atoms with Crippen LogP contribution in [0, 0.1) is 0 Å². The number of aromatic hydroxyl groups is 2. The van der Waals surface area contributed by atoms with Gasteiger partial charge in [-0.05, 0) is 23.8 Å². The predicted molar refractivity (Wildman–Crippen MR) is 108 cm³/mol. The number of likely N-dealkylation sites (N-methyl/N-ethyl adjacent to an activating group) is 1. The van der Waals surface area contributed by atoms with E-state index in [9.17, 15) is 15.0 Å². The highest BCUT2D eigenvalue weighted by Crippen LogP contribution is 2.43. The van der Waals surface area contributed by atoms with E-state index in [-0.39, 0.29) is 41.9 Å². The summed E-state index contributed by atoms with van der Waals surface area (Å²) < 4.78 is 0.782. The molecule has 3 N–H and O–H groups in total. The normalized spacial score (nSPS) is 17.6. The van der Waals surface area contributed by atoms with Crippen molar-refractivity contribution < 1.29 is 19.5 Å². The van der Waals surface area contributed by atoms with Crippen molar-refractivity contribution in [2.75, 3.05) is 20.1 Å². The first kappa shape index (κ1) is 21.1. The number of phenols is 2. The highest BCUT2D eigenvalue weighted by molar-refractivity contribution is 5.85. The number of likely N-dealkylation sites (tertiary alicyclic amines) is 1. The number of nitrogens with zero attached hydrogens (tertiary/aromatic N) is 1. The third kappa shape index (κ3) is 4.54. The van der Waals surface area contributed by atoms with Gasteiger partial charge in [-0.25, -0.2) is 0 Å². The number of rotatable bonds is 5. The molecule has 2 atom stereocenters. The lowest BCUT2D eigenvalue weighted by Gasteiger charge is -2.42. The standard InChI is InChI=1S/C21H26N2O3.ClH/c1-15(24)22-20(16-8-4-3-5-9-16)21(23(2)12-6-7-13-23)17-10-11-18(25)19(26)14-17;/h3-5,8-11,14,20-21H,6-7,12-13H2,1-2H3,(H2-,22,24,25,26);1H/p+1/t20-,21?;/m0./s1. The van der Waals surface area contributed by atoms with Gasteiger partial charge >= 0.3 is 0 Å². The molecule has 6 heteroatoms. The zero-order chi connectivity index (χ0) is 18.7. The minimum Gasteiger partial charge on any atom is -0.504 e. The van der Waals surface area contributed by atoms with E-state index in [1.165, 1.54) is 13.0 Å². The van der Waals surface area contributed by atoms with Crippen LogP contribution in [0.25, 0.3) is 0 Å². The largest absolute Gasteiger partial charge is 0.504 e. The molecule has 2 aromatic rings. The molecule has 27 heavy (non-hydrogen) atoms. The second-order valence-corrected chi connectivity index (χ2v) is 7.42. The second kappa shape index (κ2) is 8.63. The van der Waals surface area contributed by atoms with Crippen molar-refractivity contribution in [3.05, 3.63) is 59.7 Å². The van der Waals surface area contributed by atoms with Crippen LogP contribution in [0.4, 0.5) is 0 Å². The van der Waals surface area contributed by atoms with Gasteiger partial charge in [-0.2, -0.15) is 0 Å². The summed E-state index contributed by atoms with van der Waals surface area (Å²) in [6.45, 7) is 3.55. The van der Waals surface area contributed by atoms with Crippen LogP contribution in [-0.2, 0) is 4.79 Å². The Balaban J connectivity index is 0.00000261. The smallest absolute Gasteiger partial charge is 0.217 e. The maximum absolute atomic E-state index is 12.0. The van der Waals surface area contributed by atoms with Gasteiger partial charge in [-0.3, -0.25) is 4.79 Å². The van der Waals surface area contributed by atoms with Gasteiger partial charge in [0.05, 0.1) is 20.1 Å². The Kier molecular flexibility index (Phi) is 6.73. The molecule has 0 aromatic heterocycles. The molecule has 1 aliphatic heterocycles. The van der Waals surface area contributed by atoms with Gasteiger partial charge in [-0.15, -0.1) is 12.4 Å². The zero-order valence-corrected chi connectivity index (χ0v) is 16.6. The van der Waals surface area contributed by atoms with Crippen molar-refractivity contribution in [2.24, 2.45) is 0 Å². The summed E-state index contributed by atoms with van der Waals surface area (Å²) in [5.74, 6) is -0.349. The van der Waals surface area contributed by atoms with Crippen molar-refractivity contribution in [1.29, 1.82) is 0 Å². The molecule has 1 amide bonds. The Hall–Kier alpha value is -2.24. The molecule has 1 saturated heterocycles. The molecule has 0 saturated carbocycles. The second-order valence-electron chi connectivity index (χ2n) is 7.42. The maximum atomic E-state index is 12.0. The first-order valence-corrected chi connectivity index (χ1v) is 9.09. The van der Waals surface area contributed by atoms with Gasteiger partial charge in [0, 0.05) is 25.3 Å². The number of carbonyl (C=O) groups is 1. The fourth-order valence-corrected chi connectivity index (χ4v) is 4.20. The van der Waals surface area contributed by atoms with Gasteiger partial charge in [0.2, 0.25) is 5.91 Å². The number of amides is 1. The minimum atomic E-state index is -0.222. The van der Waals surface area contributed by atoms with Crippen LogP contribution in [0.1, 0.15) is 43.0 Å². The summed E-state index contributed by atoms with van der Waals surface area (Å²) in [5.41, 5.74) is 1.94. The average molecular weight is 392 g/mol. The predicted octanol–water partition coefficient (Wildman–Crippen LogP) is 3.68. The number of quaternary nitrogens is 1. The molecule has 1 heterocycles. The van der Waals surface area contributed by atoms with Gasteiger partial charge in [0.1, 0.15) is 12.1 Å². The van der Waals surface area contributed by atoms with Gasteiger partial charge in [-0.1, -0.05) is 30.3 Å². The zero-order valence-electron chi connectivity index (χ0n) is 15.8. The van der Waals surface area contributed by atoms with Crippen molar-refractivity contribution in [2.45, 2.75) is 31.8 Å². The van der Waals surface area contributed by atoms with Gasteiger partial charge in [0.25, 0.3) is 0 Å². The van der Waals surface area contributed by atoms with Crippen LogP contribution in [0.3, 0.4) is 0 Å². The van der Waals surface area contributed by atoms with E-state index in [1.54, 1.807) is 6.07 Å². The number of benzene rings is 2. The fraction of sp³-hybridized carbons (Fsp3) is 0.381. The number of carbonyl (C=O) groups excluding carboxylic acids is 1. The van der Waals surface area contributed by atoms with E-state index < -0.39 is 0 Å². The molecule has 0 aliphatic carbocycles. The summed E-state index contributed by atoms with van der Waals surface area (Å²) in [6.07, 6.45) is 2.28. The lowest BCUT2D eigenvalue weighted by Crippen LogP contribution is -2.50. The van der Waals surface area contributed by atoms with Crippen LogP contribution < -0.4 is 5.32 Å². The van der Waals surface area contributed by atoms with Gasteiger partial charge in [0.15, 0.2) is 11.5 Å². The molecule has 0 spiro atoms. The SMILES string of the molecule is CC(=O)N[C@@H](c1ccccc1)C(c1ccc(O)c(O)c1)[N+]1(C)CCCC1.Cl. The average Bonchev–Trinajstić information content (AvgIpc) is 3.05.